The number of likely N-dealkylation sites (tertiary alicyclic amines) is 1. The predicted octanol–water partition coefficient (Wildman–Crippen LogP) is 3.72. The van der Waals surface area contributed by atoms with Crippen LogP contribution in [0.2, 0.25) is 0 Å². The number of ether oxygens (including phenoxy) is 1. The molecule has 10 heteroatoms. The molecule has 6 rings (SSSR count). The Morgan fingerprint density at radius 3 is 2.60 bits per heavy atom. The molecule has 1 aromatic heterocycles. The third-order valence-electron chi connectivity index (χ3n) is 8.78. The summed E-state index contributed by atoms with van der Waals surface area (Å²) in [7, 11) is 0. The molecule has 3 aromatic rings. The number of aliphatic hydroxyl groups is 1. The second-order valence-electron chi connectivity index (χ2n) is 11.8. The smallest absolute Gasteiger partial charge is 0.254 e. The maximum Gasteiger partial charge on any atom is 0.254 e. The lowest BCUT2D eigenvalue weighted by Gasteiger charge is -2.31. The molecule has 3 saturated heterocycles. The van der Waals surface area contributed by atoms with Crippen molar-refractivity contribution < 1.29 is 19.4 Å². The number of hydrogen-bond donors (Lipinski definition) is 3. The monoisotopic (exact) mass is 603 g/mol. The average molecular weight is 604 g/mol. The zero-order chi connectivity index (χ0) is 29.8. The lowest BCUT2D eigenvalue weighted by atomic mass is 9.95. The number of anilines is 1. The molecule has 43 heavy (non-hydrogen) atoms. The number of rotatable bonds is 9. The molecular formula is C33H41N5O4S. The van der Waals surface area contributed by atoms with Crippen LogP contribution in [-0.4, -0.2) is 84.4 Å². The van der Waals surface area contributed by atoms with E-state index < -0.39 is 12.1 Å². The van der Waals surface area contributed by atoms with Crippen LogP contribution in [0.5, 0.6) is 0 Å². The summed E-state index contributed by atoms with van der Waals surface area (Å²) < 4.78 is 5.57. The Balaban J connectivity index is 1.29. The van der Waals surface area contributed by atoms with Crippen LogP contribution < -0.4 is 15.5 Å². The number of benzene rings is 2. The van der Waals surface area contributed by atoms with Crippen LogP contribution >= 0.6 is 11.3 Å². The molecule has 0 spiro atoms. The molecule has 9 nitrogen and oxygen atoms in total. The van der Waals surface area contributed by atoms with Crippen LogP contribution in [-0.2, 0) is 11.2 Å². The summed E-state index contributed by atoms with van der Waals surface area (Å²) in [6.07, 6.45) is 3.41. The first-order valence-corrected chi connectivity index (χ1v) is 16.3. The van der Waals surface area contributed by atoms with E-state index in [2.05, 4.69) is 20.5 Å². The second kappa shape index (κ2) is 13.5. The summed E-state index contributed by atoms with van der Waals surface area (Å²) in [5, 5.41) is 20.9. The third kappa shape index (κ3) is 6.93. The van der Waals surface area contributed by atoms with Crippen molar-refractivity contribution >= 4 is 28.8 Å². The molecule has 4 heterocycles. The molecule has 228 valence electrons. The molecule has 3 N–H and O–H groups in total. The van der Waals surface area contributed by atoms with Gasteiger partial charge in [0.25, 0.3) is 11.8 Å². The summed E-state index contributed by atoms with van der Waals surface area (Å²) in [5.41, 5.74) is 3.75. The van der Waals surface area contributed by atoms with Crippen molar-refractivity contribution in [2.24, 2.45) is 0 Å². The number of morpholine rings is 1. The van der Waals surface area contributed by atoms with E-state index in [1.54, 1.807) is 17.4 Å². The minimum Gasteiger partial charge on any atom is -0.389 e. The molecule has 0 radical (unpaired) electrons. The van der Waals surface area contributed by atoms with Crippen LogP contribution in [0.4, 0.5) is 5.69 Å². The molecule has 0 unspecified atom stereocenters. The quantitative estimate of drug-likeness (QED) is 0.342. The van der Waals surface area contributed by atoms with E-state index in [1.165, 1.54) is 0 Å². The highest BCUT2D eigenvalue weighted by Gasteiger charge is 2.34. The van der Waals surface area contributed by atoms with Gasteiger partial charge in [0.05, 0.1) is 31.4 Å². The van der Waals surface area contributed by atoms with Gasteiger partial charge in [0, 0.05) is 53.6 Å². The third-order valence-corrected chi connectivity index (χ3v) is 9.84. The highest BCUT2D eigenvalue weighted by atomic mass is 32.1. The fraction of sp³-hybridized carbons (Fsp3) is 0.485. The molecule has 0 aliphatic carbocycles. The molecule has 2 aromatic carbocycles. The number of amides is 2. The summed E-state index contributed by atoms with van der Waals surface area (Å²) in [6, 6.07) is 14.8. The number of hydrogen-bond acceptors (Lipinski definition) is 8. The van der Waals surface area contributed by atoms with Crippen molar-refractivity contribution in [3.05, 3.63) is 81.3 Å². The Hall–Kier alpha value is -3.31. The maximum absolute atomic E-state index is 14.1. The Morgan fingerprint density at radius 2 is 1.88 bits per heavy atom. The average Bonchev–Trinajstić information content (AvgIpc) is 3.83. The first-order chi connectivity index (χ1) is 21.0. The molecule has 2 amide bonds. The van der Waals surface area contributed by atoms with Crippen molar-refractivity contribution in [2.75, 3.05) is 44.3 Å². The highest BCUT2D eigenvalue weighted by molar-refractivity contribution is 7.09. The minimum atomic E-state index is -0.748. The summed E-state index contributed by atoms with van der Waals surface area (Å²) in [5.74, 6) is -0.383. The zero-order valence-corrected chi connectivity index (χ0v) is 25.5. The molecule has 3 fully saturated rings. The van der Waals surface area contributed by atoms with Gasteiger partial charge < -0.3 is 30.3 Å². The number of carbonyl (C=O) groups excluding carboxylic acids is 2. The van der Waals surface area contributed by atoms with Crippen LogP contribution in [0.25, 0.3) is 0 Å². The predicted molar refractivity (Wildman–Crippen MR) is 168 cm³/mol. The van der Waals surface area contributed by atoms with Gasteiger partial charge in [0.2, 0.25) is 0 Å². The van der Waals surface area contributed by atoms with E-state index in [1.807, 2.05) is 59.7 Å². The number of nitrogens with one attached hydrogen (secondary N) is 2. The number of aromatic nitrogens is 1. The molecule has 3 aliphatic rings. The van der Waals surface area contributed by atoms with Crippen molar-refractivity contribution in [1.82, 2.24) is 20.5 Å². The summed E-state index contributed by atoms with van der Waals surface area (Å²) in [4.78, 5) is 36.8. The molecule has 4 atom stereocenters. The van der Waals surface area contributed by atoms with Crippen LogP contribution in [0.3, 0.4) is 0 Å². The van der Waals surface area contributed by atoms with Gasteiger partial charge in [-0.1, -0.05) is 30.3 Å². The molecule has 0 bridgehead atoms. The minimum absolute atomic E-state index is 0.0557. The lowest BCUT2D eigenvalue weighted by molar-refractivity contribution is 0.0733. The van der Waals surface area contributed by atoms with E-state index >= 15 is 0 Å². The van der Waals surface area contributed by atoms with Gasteiger partial charge in [0.1, 0.15) is 5.01 Å². The first kappa shape index (κ1) is 29.7. The van der Waals surface area contributed by atoms with Crippen molar-refractivity contribution in [3.8, 4) is 0 Å². The number of thiazole rings is 1. The number of carbonyl (C=O) groups is 2. The van der Waals surface area contributed by atoms with Gasteiger partial charge in [-0.05, 0) is 69.3 Å². The van der Waals surface area contributed by atoms with E-state index in [0.29, 0.717) is 50.4 Å². The normalized spacial score (nSPS) is 22.0. The van der Waals surface area contributed by atoms with Crippen molar-refractivity contribution in [3.63, 3.8) is 0 Å². The molecule has 3 aliphatic heterocycles. The van der Waals surface area contributed by atoms with Gasteiger partial charge >= 0.3 is 0 Å². The number of aliphatic hydroxyl groups excluding tert-OH is 1. The SMILES string of the molecule is Cc1csc([C@H]2CCCN2C(=O)c2cc(C(=O)N[C@@H](Cc3ccccc3)[C@@H](O)[C@H]3CCCN3)cc(N3CCOCC3)c2)n1. The van der Waals surface area contributed by atoms with Crippen molar-refractivity contribution in [1.29, 1.82) is 0 Å². The maximum atomic E-state index is 14.1. The first-order valence-electron chi connectivity index (χ1n) is 15.4. The summed E-state index contributed by atoms with van der Waals surface area (Å²) in [6.45, 7) is 6.05. The number of nitrogens with zero attached hydrogens (tertiary/aromatic N) is 3. The lowest BCUT2D eigenvalue weighted by Crippen LogP contribution is -2.52. The van der Waals surface area contributed by atoms with Gasteiger partial charge in [-0.15, -0.1) is 11.3 Å². The van der Waals surface area contributed by atoms with E-state index in [9.17, 15) is 14.7 Å². The largest absolute Gasteiger partial charge is 0.389 e. The zero-order valence-electron chi connectivity index (χ0n) is 24.7. The summed E-state index contributed by atoms with van der Waals surface area (Å²) >= 11 is 1.60. The Labute approximate surface area is 257 Å². The van der Waals surface area contributed by atoms with Gasteiger partial charge in [-0.25, -0.2) is 4.98 Å². The fourth-order valence-electron chi connectivity index (χ4n) is 6.49. The Bertz CT molecular complexity index is 1400. The number of aryl methyl sites for hydroxylation is 1. The van der Waals surface area contributed by atoms with Gasteiger partial charge in [-0.3, -0.25) is 9.59 Å². The van der Waals surface area contributed by atoms with Gasteiger partial charge in [-0.2, -0.15) is 0 Å². The topological polar surface area (TPSA) is 107 Å². The van der Waals surface area contributed by atoms with Crippen LogP contribution in [0, 0.1) is 6.92 Å². The second-order valence-corrected chi connectivity index (χ2v) is 12.7. The Kier molecular flexibility index (Phi) is 9.37. The van der Waals surface area contributed by atoms with Crippen LogP contribution in [0.15, 0.2) is 53.9 Å². The highest BCUT2D eigenvalue weighted by Crippen LogP contribution is 2.35. The van der Waals surface area contributed by atoms with Crippen molar-refractivity contribution in [2.45, 2.75) is 63.3 Å². The molecular weight excluding hydrogens is 562 g/mol. The van der Waals surface area contributed by atoms with E-state index in [4.69, 9.17) is 4.74 Å². The van der Waals surface area contributed by atoms with Crippen LogP contribution in [0.1, 0.15) is 68.7 Å². The fourth-order valence-corrected chi connectivity index (χ4v) is 7.43. The Morgan fingerprint density at radius 1 is 1.09 bits per heavy atom. The van der Waals surface area contributed by atoms with Gasteiger partial charge in [0.15, 0.2) is 0 Å². The molecule has 0 saturated carbocycles. The standard InChI is InChI=1S/C33H41N5O4S/c1-22-21-43-32(35-22)29-10-6-12-38(29)33(41)25-18-24(19-26(20-25)37-13-15-42-16-14-37)31(40)36-28(17-23-7-3-2-4-8-23)30(39)27-9-5-11-34-27/h2-4,7-8,18-21,27-30,34,39H,5-6,9-17H2,1H3,(H,36,40)/t27-,28+,29-,30+/m1/s1. The van der Waals surface area contributed by atoms with E-state index in [-0.39, 0.29) is 23.9 Å². The van der Waals surface area contributed by atoms with E-state index in [0.717, 1.165) is 54.2 Å².